The second-order valence-corrected chi connectivity index (χ2v) is 3.61. The van der Waals surface area contributed by atoms with Gasteiger partial charge in [-0.2, -0.15) is 5.10 Å². The average molecular weight is 286 g/mol. The summed E-state index contributed by atoms with van der Waals surface area (Å²) >= 11 is 2.16. The van der Waals surface area contributed by atoms with E-state index in [1.807, 2.05) is 18.2 Å². The van der Waals surface area contributed by atoms with Crippen LogP contribution in [0.1, 0.15) is 0 Å². The Hall–Kier alpha value is -0.910. The highest BCUT2D eigenvalue weighted by atomic mass is 127. The molecule has 0 fully saturated rings. The predicted molar refractivity (Wildman–Crippen MR) is 58.8 cm³/mol. The number of hydrogen-bond acceptors (Lipinski definition) is 3. The van der Waals surface area contributed by atoms with E-state index in [2.05, 4.69) is 32.8 Å². The Morgan fingerprint density at radius 3 is 3.00 bits per heavy atom. The van der Waals surface area contributed by atoms with Crippen molar-refractivity contribution in [3.8, 4) is 5.75 Å². The van der Waals surface area contributed by atoms with E-state index in [9.17, 15) is 0 Å². The summed E-state index contributed by atoms with van der Waals surface area (Å²) in [6.07, 6.45) is 1.75. The maximum absolute atomic E-state index is 5.13. The van der Waals surface area contributed by atoms with Crippen molar-refractivity contribution in [3.63, 3.8) is 0 Å². The molecule has 3 nitrogen and oxygen atoms in total. The van der Waals surface area contributed by atoms with Gasteiger partial charge in [-0.05, 0) is 40.8 Å². The van der Waals surface area contributed by atoms with E-state index in [1.165, 1.54) is 0 Å². The Bertz CT molecular complexity index is 445. The topological polar surface area (TPSA) is 35.0 Å². The molecule has 2 aromatic rings. The third-order valence-electron chi connectivity index (χ3n) is 1.83. The van der Waals surface area contributed by atoms with Crippen molar-refractivity contribution < 1.29 is 4.74 Å². The van der Waals surface area contributed by atoms with Crippen molar-refractivity contribution in [2.24, 2.45) is 0 Å². The monoisotopic (exact) mass is 286 g/mol. The average Bonchev–Trinajstić information content (AvgIpc) is 2.18. The van der Waals surface area contributed by atoms with Crippen LogP contribution in [0.2, 0.25) is 0 Å². The first kappa shape index (κ1) is 8.68. The van der Waals surface area contributed by atoms with Crippen LogP contribution in [0.4, 0.5) is 0 Å². The van der Waals surface area contributed by atoms with Gasteiger partial charge in [-0.25, -0.2) is 0 Å². The van der Waals surface area contributed by atoms with Crippen LogP contribution in [0, 0.1) is 3.70 Å². The Kier molecular flexibility index (Phi) is 2.30. The Morgan fingerprint density at radius 2 is 2.23 bits per heavy atom. The molecule has 0 saturated carbocycles. The highest BCUT2D eigenvalue weighted by Gasteiger charge is 2.01. The maximum Gasteiger partial charge on any atom is 0.131 e. The third kappa shape index (κ3) is 1.58. The first-order chi connectivity index (χ1) is 6.31. The number of ether oxygens (including phenoxy) is 1. The van der Waals surface area contributed by atoms with Crippen molar-refractivity contribution in [1.82, 2.24) is 10.2 Å². The largest absolute Gasteiger partial charge is 0.497 e. The van der Waals surface area contributed by atoms with Gasteiger partial charge in [-0.15, -0.1) is 5.10 Å². The van der Waals surface area contributed by atoms with E-state index in [4.69, 9.17) is 4.74 Å². The third-order valence-corrected chi connectivity index (χ3v) is 2.62. The molecule has 0 radical (unpaired) electrons. The van der Waals surface area contributed by atoms with Gasteiger partial charge in [0, 0.05) is 10.8 Å². The Balaban J connectivity index is 2.74. The van der Waals surface area contributed by atoms with E-state index in [1.54, 1.807) is 13.3 Å². The van der Waals surface area contributed by atoms with Crippen LogP contribution in [0.25, 0.3) is 10.8 Å². The quantitative estimate of drug-likeness (QED) is 0.754. The van der Waals surface area contributed by atoms with Crippen molar-refractivity contribution in [3.05, 3.63) is 28.1 Å². The number of benzene rings is 1. The van der Waals surface area contributed by atoms with Crippen LogP contribution < -0.4 is 4.74 Å². The van der Waals surface area contributed by atoms with E-state index in [0.29, 0.717) is 0 Å². The summed E-state index contributed by atoms with van der Waals surface area (Å²) < 4.78 is 6.02. The summed E-state index contributed by atoms with van der Waals surface area (Å²) in [6, 6.07) is 5.86. The zero-order valence-electron chi connectivity index (χ0n) is 6.99. The molecule has 1 aromatic carbocycles. The fraction of sp³-hybridized carbons (Fsp3) is 0.111. The second kappa shape index (κ2) is 3.45. The number of fused-ring (bicyclic) bond motifs is 1. The van der Waals surface area contributed by atoms with Gasteiger partial charge in [0.25, 0.3) is 0 Å². The number of nitrogens with zero attached hydrogens (tertiary/aromatic N) is 2. The number of rotatable bonds is 1. The molecule has 0 aliphatic heterocycles. The molecule has 1 aromatic heterocycles. The summed E-state index contributed by atoms with van der Waals surface area (Å²) in [5.41, 5.74) is 0. The van der Waals surface area contributed by atoms with E-state index < -0.39 is 0 Å². The molecule has 0 aliphatic rings. The molecule has 0 amide bonds. The lowest BCUT2D eigenvalue weighted by Crippen LogP contribution is -1.88. The molecule has 13 heavy (non-hydrogen) atoms. The van der Waals surface area contributed by atoms with E-state index >= 15 is 0 Å². The number of aromatic nitrogens is 2. The number of methoxy groups -OCH3 is 1. The molecule has 1 heterocycles. The minimum Gasteiger partial charge on any atom is -0.497 e. The van der Waals surface area contributed by atoms with Crippen molar-refractivity contribution >= 4 is 33.4 Å². The summed E-state index contributed by atoms with van der Waals surface area (Å²) in [7, 11) is 1.66. The smallest absolute Gasteiger partial charge is 0.131 e. The molecule has 0 saturated heterocycles. The molecule has 66 valence electrons. The molecule has 0 bridgehead atoms. The molecule has 4 heteroatoms. The minimum absolute atomic E-state index is 0.846. The number of hydrogen-bond donors (Lipinski definition) is 0. The normalized spacial score (nSPS) is 10.3. The standard InChI is InChI=1S/C9H7IN2O/c1-13-7-3-2-6-5-11-12-9(10)8(6)4-7/h2-5H,1H3. The molecule has 2 rings (SSSR count). The molecule has 0 unspecified atom stereocenters. The lowest BCUT2D eigenvalue weighted by atomic mass is 10.2. The first-order valence-corrected chi connectivity index (χ1v) is 4.84. The van der Waals surface area contributed by atoms with Crippen molar-refractivity contribution in [1.29, 1.82) is 0 Å². The molecular formula is C9H7IN2O. The van der Waals surface area contributed by atoms with Gasteiger partial charge in [0.15, 0.2) is 0 Å². The Morgan fingerprint density at radius 1 is 1.38 bits per heavy atom. The van der Waals surface area contributed by atoms with Gasteiger partial charge >= 0.3 is 0 Å². The fourth-order valence-corrected chi connectivity index (χ4v) is 1.74. The molecule has 0 atom stereocenters. The lowest BCUT2D eigenvalue weighted by Gasteiger charge is -2.02. The number of halogens is 1. The molecule has 0 N–H and O–H groups in total. The highest BCUT2D eigenvalue weighted by Crippen LogP contribution is 2.22. The molecular weight excluding hydrogens is 279 g/mol. The van der Waals surface area contributed by atoms with Gasteiger partial charge in [-0.3, -0.25) is 0 Å². The van der Waals surface area contributed by atoms with Gasteiger partial charge in [0.2, 0.25) is 0 Å². The molecule has 0 aliphatic carbocycles. The second-order valence-electron chi connectivity index (χ2n) is 2.59. The maximum atomic E-state index is 5.13. The zero-order valence-corrected chi connectivity index (χ0v) is 9.15. The fourth-order valence-electron chi connectivity index (χ4n) is 1.15. The van der Waals surface area contributed by atoms with Gasteiger partial charge in [0.05, 0.1) is 13.3 Å². The first-order valence-electron chi connectivity index (χ1n) is 3.76. The highest BCUT2D eigenvalue weighted by molar-refractivity contribution is 14.1. The van der Waals surface area contributed by atoms with Gasteiger partial charge < -0.3 is 4.74 Å². The van der Waals surface area contributed by atoms with Crippen molar-refractivity contribution in [2.75, 3.05) is 7.11 Å². The van der Waals surface area contributed by atoms with E-state index in [-0.39, 0.29) is 0 Å². The van der Waals surface area contributed by atoms with Gasteiger partial charge in [0.1, 0.15) is 9.45 Å². The zero-order chi connectivity index (χ0) is 9.26. The van der Waals surface area contributed by atoms with Crippen LogP contribution in [-0.2, 0) is 0 Å². The summed E-state index contributed by atoms with van der Waals surface area (Å²) in [4.78, 5) is 0. The molecule has 0 spiro atoms. The van der Waals surface area contributed by atoms with Crippen molar-refractivity contribution in [2.45, 2.75) is 0 Å². The van der Waals surface area contributed by atoms with Gasteiger partial charge in [-0.1, -0.05) is 0 Å². The Labute approximate surface area is 89.3 Å². The minimum atomic E-state index is 0.846. The SMILES string of the molecule is COc1ccc2cnnc(I)c2c1. The lowest BCUT2D eigenvalue weighted by molar-refractivity contribution is 0.415. The van der Waals surface area contributed by atoms with Crippen LogP contribution in [0.3, 0.4) is 0 Å². The van der Waals surface area contributed by atoms with Crippen LogP contribution >= 0.6 is 22.6 Å². The summed E-state index contributed by atoms with van der Waals surface area (Å²) in [5.74, 6) is 0.846. The van der Waals surface area contributed by atoms with Crippen LogP contribution in [0.5, 0.6) is 5.75 Å². The van der Waals surface area contributed by atoms with E-state index in [0.717, 1.165) is 20.2 Å². The van der Waals surface area contributed by atoms with Crippen LogP contribution in [0.15, 0.2) is 24.4 Å². The predicted octanol–water partition coefficient (Wildman–Crippen LogP) is 2.24. The summed E-state index contributed by atoms with van der Waals surface area (Å²) in [6.45, 7) is 0. The van der Waals surface area contributed by atoms with Crippen LogP contribution in [-0.4, -0.2) is 17.3 Å². The summed E-state index contributed by atoms with van der Waals surface area (Å²) in [5, 5.41) is 10.00.